The highest BCUT2D eigenvalue weighted by Crippen LogP contribution is 2.39. The van der Waals surface area contributed by atoms with Gasteiger partial charge in [-0.15, -0.1) is 0 Å². The van der Waals surface area contributed by atoms with Crippen molar-refractivity contribution >= 4 is 0 Å². The molecule has 3 aromatic rings. The molecule has 0 aliphatic carbocycles. The Kier molecular flexibility index (Phi) is 4.07. The number of aryl methyl sites for hydroxylation is 1. The van der Waals surface area contributed by atoms with Crippen LogP contribution in [0.2, 0.25) is 0 Å². The number of nitrogens with one attached hydrogen (secondary N) is 1. The summed E-state index contributed by atoms with van der Waals surface area (Å²) in [5, 5.41) is 7.47. The number of fused-ring (bicyclic) bond motifs is 1. The molecule has 0 unspecified atom stereocenters. The summed E-state index contributed by atoms with van der Waals surface area (Å²) in [5.74, 6) is 0. The molecule has 1 N–H and O–H groups in total. The first-order valence-corrected chi connectivity index (χ1v) is 8.46. The third kappa shape index (κ3) is 2.90. The first-order chi connectivity index (χ1) is 12.4. The van der Waals surface area contributed by atoms with E-state index in [2.05, 4.69) is 16.5 Å². The molecule has 4 rings (SSSR count). The van der Waals surface area contributed by atoms with Crippen LogP contribution in [0.25, 0.3) is 22.4 Å². The van der Waals surface area contributed by atoms with E-state index >= 15 is 0 Å². The fourth-order valence-corrected chi connectivity index (χ4v) is 3.59. The third-order valence-electron chi connectivity index (χ3n) is 4.87. The molecule has 0 amide bonds. The fraction of sp³-hybridized carbons (Fsp3) is 0.250. The van der Waals surface area contributed by atoms with Crippen LogP contribution in [0, 0.1) is 0 Å². The molecule has 0 saturated carbocycles. The second-order valence-electron chi connectivity index (χ2n) is 6.47. The maximum Gasteiger partial charge on any atom is 0.416 e. The molecule has 6 heteroatoms. The van der Waals surface area contributed by atoms with Gasteiger partial charge in [0, 0.05) is 25.4 Å². The molecular formula is C20H18F3N3. The molecule has 2 aromatic carbocycles. The van der Waals surface area contributed by atoms with Crippen molar-refractivity contribution in [2.24, 2.45) is 7.05 Å². The molecule has 134 valence electrons. The zero-order valence-electron chi connectivity index (χ0n) is 14.3. The van der Waals surface area contributed by atoms with Crippen LogP contribution in [0.5, 0.6) is 0 Å². The molecule has 26 heavy (non-hydrogen) atoms. The SMILES string of the molecule is Cn1nccc1-c1cc(C(F)(F)F)ccc1-c1cccc2c1CCNC2. The van der Waals surface area contributed by atoms with Crippen LogP contribution < -0.4 is 5.32 Å². The Morgan fingerprint density at radius 3 is 2.62 bits per heavy atom. The van der Waals surface area contributed by atoms with Gasteiger partial charge in [0.15, 0.2) is 0 Å². The van der Waals surface area contributed by atoms with E-state index in [0.717, 1.165) is 36.7 Å². The molecule has 3 nitrogen and oxygen atoms in total. The number of hydrogen-bond acceptors (Lipinski definition) is 2. The van der Waals surface area contributed by atoms with Crippen molar-refractivity contribution in [3.8, 4) is 22.4 Å². The van der Waals surface area contributed by atoms with Crippen molar-refractivity contribution in [1.29, 1.82) is 0 Å². The standard InChI is InChI=1S/C20H18F3N3/c1-26-19(8-10-25-26)18-11-14(20(21,22)23)5-6-17(18)16-4-2-3-13-12-24-9-7-15(13)16/h2-6,8,10-11,24H,7,9,12H2,1H3. The zero-order chi connectivity index (χ0) is 18.3. The van der Waals surface area contributed by atoms with Crippen LogP contribution in [-0.4, -0.2) is 16.3 Å². The number of hydrogen-bond donors (Lipinski definition) is 1. The van der Waals surface area contributed by atoms with E-state index < -0.39 is 11.7 Å². The molecule has 0 saturated heterocycles. The van der Waals surface area contributed by atoms with Crippen molar-refractivity contribution in [1.82, 2.24) is 15.1 Å². The lowest BCUT2D eigenvalue weighted by atomic mass is 9.88. The lowest BCUT2D eigenvalue weighted by molar-refractivity contribution is -0.137. The zero-order valence-corrected chi connectivity index (χ0v) is 14.3. The van der Waals surface area contributed by atoms with Gasteiger partial charge in [-0.2, -0.15) is 18.3 Å². The van der Waals surface area contributed by atoms with Crippen molar-refractivity contribution < 1.29 is 13.2 Å². The molecule has 1 aromatic heterocycles. The van der Waals surface area contributed by atoms with Gasteiger partial charge >= 0.3 is 6.18 Å². The van der Waals surface area contributed by atoms with E-state index in [1.165, 1.54) is 17.2 Å². The lowest BCUT2D eigenvalue weighted by Gasteiger charge is -2.22. The van der Waals surface area contributed by atoms with E-state index in [-0.39, 0.29) is 0 Å². The molecular weight excluding hydrogens is 339 g/mol. The van der Waals surface area contributed by atoms with E-state index in [1.807, 2.05) is 12.1 Å². The van der Waals surface area contributed by atoms with Gasteiger partial charge in [-0.25, -0.2) is 0 Å². The van der Waals surface area contributed by atoms with E-state index in [4.69, 9.17) is 0 Å². The Balaban J connectivity index is 1.96. The summed E-state index contributed by atoms with van der Waals surface area (Å²) in [7, 11) is 1.74. The van der Waals surface area contributed by atoms with Crippen LogP contribution in [0.3, 0.4) is 0 Å². The van der Waals surface area contributed by atoms with Crippen molar-refractivity contribution in [2.45, 2.75) is 19.1 Å². The predicted octanol–water partition coefficient (Wildman–Crippen LogP) is 4.42. The van der Waals surface area contributed by atoms with E-state index in [9.17, 15) is 13.2 Å². The largest absolute Gasteiger partial charge is 0.416 e. The van der Waals surface area contributed by atoms with Crippen molar-refractivity contribution in [2.75, 3.05) is 6.54 Å². The smallest absolute Gasteiger partial charge is 0.312 e. The Morgan fingerprint density at radius 1 is 1.04 bits per heavy atom. The molecule has 0 bridgehead atoms. The van der Waals surface area contributed by atoms with Gasteiger partial charge in [-0.3, -0.25) is 4.68 Å². The van der Waals surface area contributed by atoms with Gasteiger partial charge in [-0.05, 0) is 53.4 Å². The lowest BCUT2D eigenvalue weighted by Crippen LogP contribution is -2.24. The maximum atomic E-state index is 13.3. The average molecular weight is 357 g/mol. The molecule has 0 radical (unpaired) electrons. The average Bonchev–Trinajstić information content (AvgIpc) is 3.06. The van der Waals surface area contributed by atoms with Gasteiger partial charge in [0.05, 0.1) is 11.3 Å². The summed E-state index contributed by atoms with van der Waals surface area (Å²) in [6.45, 7) is 1.65. The summed E-state index contributed by atoms with van der Waals surface area (Å²) < 4.78 is 41.5. The molecule has 1 aliphatic rings. The molecule has 0 fully saturated rings. The maximum absolute atomic E-state index is 13.3. The monoisotopic (exact) mass is 357 g/mol. The van der Waals surface area contributed by atoms with E-state index in [1.54, 1.807) is 30.1 Å². The summed E-state index contributed by atoms with van der Waals surface area (Å²) in [4.78, 5) is 0. The Bertz CT molecular complexity index is 957. The fourth-order valence-electron chi connectivity index (χ4n) is 3.59. The van der Waals surface area contributed by atoms with Crippen LogP contribution in [0.1, 0.15) is 16.7 Å². The summed E-state index contributed by atoms with van der Waals surface area (Å²) in [6, 6.07) is 11.7. The highest BCUT2D eigenvalue weighted by molar-refractivity contribution is 5.84. The topological polar surface area (TPSA) is 29.9 Å². The summed E-state index contributed by atoms with van der Waals surface area (Å²) in [5.41, 5.74) is 4.77. The predicted molar refractivity (Wildman–Crippen MR) is 94.5 cm³/mol. The minimum absolute atomic E-state index is 0.548. The van der Waals surface area contributed by atoms with Gasteiger partial charge in [-0.1, -0.05) is 24.3 Å². The van der Waals surface area contributed by atoms with Gasteiger partial charge in [0.2, 0.25) is 0 Å². The molecule has 1 aliphatic heterocycles. The summed E-state index contributed by atoms with van der Waals surface area (Å²) in [6.07, 6.45) is -1.92. The Morgan fingerprint density at radius 2 is 1.88 bits per heavy atom. The van der Waals surface area contributed by atoms with Crippen LogP contribution in [0.4, 0.5) is 13.2 Å². The number of nitrogens with zero attached hydrogens (tertiary/aromatic N) is 2. The molecule has 0 spiro atoms. The first-order valence-electron chi connectivity index (χ1n) is 8.46. The number of alkyl halides is 3. The Labute approximate surface area is 149 Å². The third-order valence-corrected chi connectivity index (χ3v) is 4.87. The normalized spacial score (nSPS) is 14.3. The second-order valence-corrected chi connectivity index (χ2v) is 6.47. The quantitative estimate of drug-likeness (QED) is 0.736. The van der Waals surface area contributed by atoms with Gasteiger partial charge in [0.25, 0.3) is 0 Å². The van der Waals surface area contributed by atoms with Crippen LogP contribution >= 0.6 is 0 Å². The van der Waals surface area contributed by atoms with Crippen LogP contribution in [0.15, 0.2) is 48.7 Å². The Hall–Kier alpha value is -2.60. The minimum atomic E-state index is -4.38. The summed E-state index contributed by atoms with van der Waals surface area (Å²) >= 11 is 0. The highest BCUT2D eigenvalue weighted by atomic mass is 19.4. The van der Waals surface area contributed by atoms with Crippen molar-refractivity contribution in [3.05, 3.63) is 65.4 Å². The number of rotatable bonds is 2. The number of benzene rings is 2. The van der Waals surface area contributed by atoms with E-state index in [0.29, 0.717) is 11.3 Å². The molecule has 2 heterocycles. The van der Waals surface area contributed by atoms with Crippen LogP contribution in [-0.2, 0) is 26.2 Å². The van der Waals surface area contributed by atoms with Crippen molar-refractivity contribution in [3.63, 3.8) is 0 Å². The molecule has 0 atom stereocenters. The number of aromatic nitrogens is 2. The van der Waals surface area contributed by atoms with Gasteiger partial charge < -0.3 is 5.32 Å². The van der Waals surface area contributed by atoms with Gasteiger partial charge in [0.1, 0.15) is 0 Å². The first kappa shape index (κ1) is 16.8. The highest BCUT2D eigenvalue weighted by Gasteiger charge is 2.31. The minimum Gasteiger partial charge on any atom is -0.312 e. The second kappa shape index (κ2) is 6.29. The number of halogens is 3.